The first kappa shape index (κ1) is 27.6. The summed E-state index contributed by atoms with van der Waals surface area (Å²) in [5, 5.41) is 20.6. The Morgan fingerprint density at radius 1 is 0.976 bits per heavy atom. The van der Waals surface area contributed by atoms with Crippen molar-refractivity contribution in [3.8, 4) is 17.2 Å². The number of phenols is 2. The zero-order valence-electron chi connectivity index (χ0n) is 22.3. The van der Waals surface area contributed by atoms with Crippen molar-refractivity contribution in [2.75, 3.05) is 20.7 Å². The number of amides is 4. The second-order valence-electron chi connectivity index (χ2n) is 11.2. The first-order valence-electron chi connectivity index (χ1n) is 13.3. The Labute approximate surface area is 246 Å². The lowest BCUT2D eigenvalue weighted by atomic mass is 9.56. The molecular weight excluding hydrogens is 571 g/mol. The van der Waals surface area contributed by atoms with E-state index in [9.17, 15) is 29.4 Å². The molecule has 2 aliphatic heterocycles. The Hall–Kier alpha value is -3.56. The molecule has 4 aliphatic rings. The normalized spacial score (nSPS) is 32.5. The molecule has 6 unspecified atom stereocenters. The monoisotopic (exact) mass is 598 g/mol. The summed E-state index contributed by atoms with van der Waals surface area (Å²) in [5.74, 6) is -4.89. The number of aromatic hydroxyl groups is 2. The molecule has 2 aromatic carbocycles. The zero-order chi connectivity index (χ0) is 29.4. The van der Waals surface area contributed by atoms with Crippen LogP contribution >= 0.6 is 23.2 Å². The lowest BCUT2D eigenvalue weighted by Gasteiger charge is -2.50. The van der Waals surface area contributed by atoms with Crippen LogP contribution < -0.4 is 4.74 Å². The summed E-state index contributed by atoms with van der Waals surface area (Å²) in [7, 11) is 2.77. The Bertz CT molecular complexity index is 1530. The van der Waals surface area contributed by atoms with Crippen LogP contribution in [0.5, 0.6) is 17.2 Å². The Kier molecular flexibility index (Phi) is 6.39. The molecule has 2 heterocycles. The topological polar surface area (TPSA) is 124 Å². The van der Waals surface area contributed by atoms with E-state index in [-0.39, 0.29) is 48.3 Å². The van der Waals surface area contributed by atoms with Crippen molar-refractivity contribution in [3.63, 3.8) is 0 Å². The summed E-state index contributed by atoms with van der Waals surface area (Å²) in [6.45, 7) is 0.156. The summed E-state index contributed by atoms with van der Waals surface area (Å²) in [6, 6.07) is 11.1. The fourth-order valence-corrected chi connectivity index (χ4v) is 8.18. The highest BCUT2D eigenvalue weighted by Gasteiger charge is 2.76. The number of halogens is 2. The highest BCUT2D eigenvalue weighted by Crippen LogP contribution is 2.66. The highest BCUT2D eigenvalue weighted by molar-refractivity contribution is 6.53. The van der Waals surface area contributed by atoms with Crippen LogP contribution in [0.4, 0.5) is 0 Å². The van der Waals surface area contributed by atoms with Gasteiger partial charge in [-0.05, 0) is 61.1 Å². The standard InChI is InChI=1S/C30H28Cl2N2O7/c1-33-27(39)29(31)14-21-18(24(30(29,32)28(33)40)20-13-17(41-2)7-10-22(20)36)8-9-19-23(21)26(38)34(25(19)37)12-11-15-3-5-16(35)6-4-15/h3-8,10,13,19,21,23-24,35-36H,9,11-12,14H2,1-2H3. The minimum atomic E-state index is -1.98. The molecule has 2 aromatic rings. The summed E-state index contributed by atoms with van der Waals surface area (Å²) >= 11 is 14.3. The van der Waals surface area contributed by atoms with Gasteiger partial charge in [0.2, 0.25) is 11.8 Å². The molecule has 214 valence electrons. The molecule has 0 radical (unpaired) electrons. The number of likely N-dealkylation sites (tertiary alicyclic amines) is 2. The number of hydrogen-bond acceptors (Lipinski definition) is 7. The molecular formula is C30H28Cl2N2O7. The maximum Gasteiger partial charge on any atom is 0.253 e. The molecule has 4 amide bonds. The molecule has 6 rings (SSSR count). The number of carbonyl (C=O) groups is 4. The number of ether oxygens (including phenoxy) is 1. The number of rotatable bonds is 5. The van der Waals surface area contributed by atoms with Crippen molar-refractivity contribution in [1.29, 1.82) is 0 Å². The van der Waals surface area contributed by atoms with Gasteiger partial charge in [-0.3, -0.25) is 29.0 Å². The van der Waals surface area contributed by atoms with E-state index in [0.29, 0.717) is 17.7 Å². The first-order chi connectivity index (χ1) is 19.4. The second-order valence-corrected chi connectivity index (χ2v) is 12.4. The number of fused-ring (bicyclic) bond motifs is 4. The van der Waals surface area contributed by atoms with Crippen molar-refractivity contribution in [3.05, 3.63) is 65.2 Å². The summed E-state index contributed by atoms with van der Waals surface area (Å²) in [6.07, 6.45) is 2.34. The van der Waals surface area contributed by atoms with E-state index < -0.39 is 45.2 Å². The average Bonchev–Trinajstić information content (AvgIpc) is 3.28. The van der Waals surface area contributed by atoms with Gasteiger partial charge >= 0.3 is 0 Å². The molecule has 0 spiro atoms. The minimum absolute atomic E-state index is 0.119. The predicted octanol–water partition coefficient (Wildman–Crippen LogP) is 3.34. The summed E-state index contributed by atoms with van der Waals surface area (Å²) in [5.41, 5.74) is 1.70. The third-order valence-electron chi connectivity index (χ3n) is 9.21. The van der Waals surface area contributed by atoms with Gasteiger partial charge in [0, 0.05) is 25.1 Å². The molecule has 9 nitrogen and oxygen atoms in total. The minimum Gasteiger partial charge on any atom is -0.508 e. The van der Waals surface area contributed by atoms with Crippen molar-refractivity contribution >= 4 is 46.8 Å². The molecule has 2 saturated heterocycles. The van der Waals surface area contributed by atoms with Gasteiger partial charge in [-0.25, -0.2) is 0 Å². The van der Waals surface area contributed by atoms with Crippen LogP contribution in [0.15, 0.2) is 54.1 Å². The highest BCUT2D eigenvalue weighted by atomic mass is 35.5. The number of phenolic OH excluding ortho intramolecular Hbond substituents is 2. The number of hydrogen-bond donors (Lipinski definition) is 2. The van der Waals surface area contributed by atoms with Crippen molar-refractivity contribution in [2.45, 2.75) is 34.9 Å². The van der Waals surface area contributed by atoms with Gasteiger partial charge in [0.05, 0.1) is 18.9 Å². The van der Waals surface area contributed by atoms with E-state index in [4.69, 9.17) is 27.9 Å². The number of methoxy groups -OCH3 is 1. The van der Waals surface area contributed by atoms with Crippen molar-refractivity contribution < 1.29 is 34.1 Å². The molecule has 0 aromatic heterocycles. The largest absolute Gasteiger partial charge is 0.508 e. The van der Waals surface area contributed by atoms with E-state index in [1.807, 2.05) is 6.08 Å². The molecule has 2 aliphatic carbocycles. The number of carbonyl (C=O) groups excluding carboxylic acids is 4. The zero-order valence-corrected chi connectivity index (χ0v) is 23.9. The van der Waals surface area contributed by atoms with Crippen LogP contribution in [0.3, 0.4) is 0 Å². The maximum atomic E-state index is 13.9. The van der Waals surface area contributed by atoms with Gasteiger partial charge in [0.25, 0.3) is 11.8 Å². The number of imide groups is 2. The lowest BCUT2D eigenvalue weighted by Crippen LogP contribution is -2.60. The van der Waals surface area contributed by atoms with Crippen LogP contribution in [-0.4, -0.2) is 74.1 Å². The van der Waals surface area contributed by atoms with Gasteiger partial charge in [-0.1, -0.05) is 23.8 Å². The molecule has 3 fully saturated rings. The van der Waals surface area contributed by atoms with Gasteiger partial charge in [0.1, 0.15) is 17.2 Å². The van der Waals surface area contributed by atoms with Gasteiger partial charge in [-0.2, -0.15) is 0 Å². The number of allylic oxidation sites excluding steroid dienone is 2. The van der Waals surface area contributed by atoms with E-state index in [1.54, 1.807) is 36.4 Å². The van der Waals surface area contributed by atoms with Crippen LogP contribution in [0.25, 0.3) is 0 Å². The smallest absolute Gasteiger partial charge is 0.253 e. The fraction of sp³-hybridized carbons (Fsp3) is 0.400. The molecule has 6 atom stereocenters. The van der Waals surface area contributed by atoms with Crippen LogP contribution in [0.1, 0.15) is 29.9 Å². The van der Waals surface area contributed by atoms with E-state index in [1.165, 1.54) is 25.1 Å². The van der Waals surface area contributed by atoms with Crippen LogP contribution in [0.2, 0.25) is 0 Å². The van der Waals surface area contributed by atoms with E-state index >= 15 is 0 Å². The first-order valence-corrected chi connectivity index (χ1v) is 14.1. The molecule has 41 heavy (non-hydrogen) atoms. The van der Waals surface area contributed by atoms with Crippen LogP contribution in [0, 0.1) is 17.8 Å². The van der Waals surface area contributed by atoms with Gasteiger partial charge in [-0.15, -0.1) is 23.2 Å². The van der Waals surface area contributed by atoms with E-state index in [0.717, 1.165) is 10.5 Å². The second kappa shape index (κ2) is 9.49. The third kappa shape index (κ3) is 3.74. The predicted molar refractivity (Wildman–Crippen MR) is 149 cm³/mol. The molecule has 0 bridgehead atoms. The quantitative estimate of drug-likeness (QED) is 0.307. The molecule has 2 N–H and O–H groups in total. The summed E-state index contributed by atoms with van der Waals surface area (Å²) < 4.78 is 5.37. The van der Waals surface area contributed by atoms with Gasteiger partial charge < -0.3 is 14.9 Å². The Balaban J connectivity index is 1.43. The Morgan fingerprint density at radius 2 is 1.68 bits per heavy atom. The summed E-state index contributed by atoms with van der Waals surface area (Å²) in [4.78, 5) is 52.9. The Morgan fingerprint density at radius 3 is 2.37 bits per heavy atom. The lowest BCUT2D eigenvalue weighted by molar-refractivity contribution is -0.141. The van der Waals surface area contributed by atoms with Crippen LogP contribution in [-0.2, 0) is 25.6 Å². The maximum absolute atomic E-state index is 13.9. The fourth-order valence-electron chi connectivity index (χ4n) is 7.17. The third-order valence-corrected chi connectivity index (χ3v) is 10.6. The van der Waals surface area contributed by atoms with E-state index in [2.05, 4.69) is 0 Å². The average molecular weight is 599 g/mol. The molecule has 1 saturated carbocycles. The number of alkyl halides is 2. The van der Waals surface area contributed by atoms with Crippen molar-refractivity contribution in [2.24, 2.45) is 17.8 Å². The van der Waals surface area contributed by atoms with Crippen molar-refractivity contribution in [1.82, 2.24) is 9.80 Å². The van der Waals surface area contributed by atoms with Gasteiger partial charge in [0.15, 0.2) is 9.75 Å². The molecule has 11 heteroatoms. The number of nitrogens with zero attached hydrogens (tertiary/aromatic N) is 2. The number of benzene rings is 2. The SMILES string of the molecule is COc1ccc(O)c(C2C3=CCC4C(=O)N(CCc5ccc(O)cc5)C(=O)C4C3CC3(Cl)C(=O)N(C)C(=O)C23Cl)c1.